The summed E-state index contributed by atoms with van der Waals surface area (Å²) in [6.07, 6.45) is 78.3. The van der Waals surface area contributed by atoms with E-state index in [1.54, 1.807) is 0 Å². The number of hydrogen-bond acceptors (Lipinski definition) is 2. The van der Waals surface area contributed by atoms with Gasteiger partial charge in [0.05, 0.1) is 12.0 Å². The zero-order valence-electron chi connectivity index (χ0n) is 45.0. The summed E-state index contributed by atoms with van der Waals surface area (Å²) in [5.74, 6) is -1.38. The summed E-state index contributed by atoms with van der Waals surface area (Å²) in [7, 11) is 0. The predicted molar refractivity (Wildman–Crippen MR) is 292 cm³/mol. The molecule has 0 aliphatic rings. The molecule has 0 aromatic heterocycles. The first-order chi connectivity index (χ1) is 32.1. The Hall–Kier alpha value is -0.830. The molecular formula is C62H122O3. The molecule has 0 radical (unpaired) electrons. The van der Waals surface area contributed by atoms with Gasteiger partial charge in [-0.25, -0.2) is 0 Å². The number of unbranched alkanes of at least 4 members (excludes halogenated alkanes) is 50. The van der Waals surface area contributed by atoms with Crippen LogP contribution in [0.3, 0.4) is 0 Å². The van der Waals surface area contributed by atoms with Gasteiger partial charge in [-0.2, -0.15) is 0 Å². The van der Waals surface area contributed by atoms with Crippen LogP contribution in [-0.2, 0) is 4.79 Å². The van der Waals surface area contributed by atoms with Crippen LogP contribution in [0.25, 0.3) is 0 Å². The lowest BCUT2D eigenvalue weighted by molar-refractivity contribution is -0.146. The van der Waals surface area contributed by atoms with Crippen LogP contribution in [0.15, 0.2) is 12.2 Å². The third-order valence-corrected chi connectivity index (χ3v) is 14.9. The molecule has 0 aromatic carbocycles. The van der Waals surface area contributed by atoms with Gasteiger partial charge in [0.1, 0.15) is 0 Å². The molecule has 65 heavy (non-hydrogen) atoms. The Morgan fingerprint density at radius 3 is 0.692 bits per heavy atom. The Labute approximate surface area is 410 Å². The minimum atomic E-state index is -0.802. The number of allylic oxidation sites excluding steroid dienone is 2. The monoisotopic (exact) mass is 915 g/mol. The van der Waals surface area contributed by atoms with E-state index < -0.39 is 18.0 Å². The Morgan fingerprint density at radius 1 is 0.292 bits per heavy atom. The van der Waals surface area contributed by atoms with Crippen molar-refractivity contribution in [1.82, 2.24) is 0 Å². The van der Waals surface area contributed by atoms with E-state index in [1.807, 2.05) is 0 Å². The van der Waals surface area contributed by atoms with Gasteiger partial charge >= 0.3 is 5.97 Å². The summed E-state index contributed by atoms with van der Waals surface area (Å²) >= 11 is 0. The predicted octanol–water partition coefficient (Wildman–Crippen LogP) is 22.1. The highest BCUT2D eigenvalue weighted by molar-refractivity contribution is 5.70. The number of rotatable bonds is 58. The van der Waals surface area contributed by atoms with E-state index in [4.69, 9.17) is 0 Å². The van der Waals surface area contributed by atoms with Crippen LogP contribution < -0.4 is 0 Å². The molecule has 2 atom stereocenters. The van der Waals surface area contributed by atoms with Gasteiger partial charge in [0, 0.05) is 0 Å². The fraction of sp³-hybridized carbons (Fsp3) is 0.952. The average Bonchev–Trinajstić information content (AvgIpc) is 3.30. The van der Waals surface area contributed by atoms with Crippen molar-refractivity contribution in [3.05, 3.63) is 12.2 Å². The van der Waals surface area contributed by atoms with Crippen LogP contribution in [0.2, 0.25) is 0 Å². The first-order valence-electron chi connectivity index (χ1n) is 30.7. The highest BCUT2D eigenvalue weighted by atomic mass is 16.4. The zero-order chi connectivity index (χ0) is 47.0. The highest BCUT2D eigenvalue weighted by Gasteiger charge is 2.25. The van der Waals surface area contributed by atoms with E-state index in [-0.39, 0.29) is 0 Å². The number of carboxylic acid groups (broad SMARTS) is 1. The van der Waals surface area contributed by atoms with Gasteiger partial charge < -0.3 is 10.2 Å². The van der Waals surface area contributed by atoms with Crippen LogP contribution in [-0.4, -0.2) is 22.3 Å². The molecule has 3 heteroatoms. The molecule has 0 aliphatic heterocycles. The number of aliphatic carboxylic acids is 1. The Kier molecular flexibility index (Phi) is 56.8. The summed E-state index contributed by atoms with van der Waals surface area (Å²) in [6, 6.07) is 0. The summed E-state index contributed by atoms with van der Waals surface area (Å²) in [4.78, 5) is 11.9. The fourth-order valence-electron chi connectivity index (χ4n) is 10.3. The maximum atomic E-state index is 11.9. The maximum absolute atomic E-state index is 11.9. The SMILES string of the molecule is CCCCCCCCCCCCCCCCCCC=CCCCCCCCCCCCCCCCCCC(O)C(CCCCCCCCCCCCCCCCCCCCCC)C(=O)O. The molecule has 0 heterocycles. The van der Waals surface area contributed by atoms with Gasteiger partial charge in [0.2, 0.25) is 0 Å². The van der Waals surface area contributed by atoms with Gasteiger partial charge in [-0.3, -0.25) is 4.79 Å². The van der Waals surface area contributed by atoms with Crippen LogP contribution in [0, 0.1) is 5.92 Å². The molecule has 0 rings (SSSR count). The van der Waals surface area contributed by atoms with Crippen molar-refractivity contribution in [3.63, 3.8) is 0 Å². The Morgan fingerprint density at radius 2 is 0.477 bits per heavy atom. The van der Waals surface area contributed by atoms with Crippen LogP contribution in [0.5, 0.6) is 0 Å². The quantitative estimate of drug-likeness (QED) is 0.0472. The maximum Gasteiger partial charge on any atom is 0.309 e. The second-order valence-electron chi connectivity index (χ2n) is 21.5. The van der Waals surface area contributed by atoms with Gasteiger partial charge in [-0.1, -0.05) is 341 Å². The minimum absolute atomic E-state index is 0.582. The molecule has 0 aromatic rings. The van der Waals surface area contributed by atoms with Crippen LogP contribution in [0.1, 0.15) is 367 Å². The molecule has 0 spiro atoms. The standard InChI is InChI=1S/C62H122O3/c1-3-5-7-9-11-13-15-17-19-21-23-25-26-27-28-29-30-31-32-33-34-35-36-37-38-39-41-43-45-47-49-51-53-55-57-59-61(63)60(62(64)65)58-56-54-52-50-48-46-44-42-40-24-22-20-18-16-14-12-10-8-6-4-2/h31-32,60-61,63H,3-30,33-59H2,1-2H3,(H,64,65). The van der Waals surface area contributed by atoms with E-state index in [0.29, 0.717) is 12.8 Å². The molecule has 0 bridgehead atoms. The number of carboxylic acids is 1. The third kappa shape index (κ3) is 54.0. The molecule has 0 saturated heterocycles. The van der Waals surface area contributed by atoms with Crippen LogP contribution in [0.4, 0.5) is 0 Å². The summed E-state index contributed by atoms with van der Waals surface area (Å²) < 4.78 is 0. The second kappa shape index (κ2) is 57.5. The normalized spacial score (nSPS) is 12.8. The minimum Gasteiger partial charge on any atom is -0.481 e. The molecule has 388 valence electrons. The summed E-state index contributed by atoms with van der Waals surface area (Å²) in [6.45, 7) is 4.60. The van der Waals surface area contributed by atoms with E-state index >= 15 is 0 Å². The average molecular weight is 916 g/mol. The van der Waals surface area contributed by atoms with E-state index in [0.717, 1.165) is 25.7 Å². The molecule has 0 amide bonds. The first kappa shape index (κ1) is 64.2. The molecular weight excluding hydrogens is 793 g/mol. The van der Waals surface area contributed by atoms with E-state index in [2.05, 4.69) is 26.0 Å². The summed E-state index contributed by atoms with van der Waals surface area (Å²) in [5.41, 5.74) is 0. The Balaban J connectivity index is 3.38. The molecule has 3 nitrogen and oxygen atoms in total. The lowest BCUT2D eigenvalue weighted by Gasteiger charge is -2.19. The number of aliphatic hydroxyl groups is 1. The zero-order valence-corrected chi connectivity index (χ0v) is 45.0. The summed E-state index contributed by atoms with van der Waals surface area (Å²) in [5, 5.41) is 20.4. The van der Waals surface area contributed by atoms with Crippen LogP contribution >= 0.6 is 0 Å². The van der Waals surface area contributed by atoms with Crippen molar-refractivity contribution in [2.24, 2.45) is 5.92 Å². The van der Waals surface area contributed by atoms with E-state index in [1.165, 1.54) is 315 Å². The van der Waals surface area contributed by atoms with Crippen molar-refractivity contribution in [2.75, 3.05) is 0 Å². The smallest absolute Gasteiger partial charge is 0.309 e. The molecule has 0 fully saturated rings. The molecule has 0 aliphatic carbocycles. The second-order valence-corrected chi connectivity index (χ2v) is 21.5. The van der Waals surface area contributed by atoms with Crippen molar-refractivity contribution in [1.29, 1.82) is 0 Å². The number of aliphatic hydroxyl groups excluding tert-OH is 1. The third-order valence-electron chi connectivity index (χ3n) is 14.9. The van der Waals surface area contributed by atoms with Crippen molar-refractivity contribution < 1.29 is 15.0 Å². The molecule has 2 unspecified atom stereocenters. The first-order valence-corrected chi connectivity index (χ1v) is 30.7. The van der Waals surface area contributed by atoms with E-state index in [9.17, 15) is 15.0 Å². The molecule has 2 N–H and O–H groups in total. The number of hydrogen-bond donors (Lipinski definition) is 2. The van der Waals surface area contributed by atoms with Gasteiger partial charge in [-0.15, -0.1) is 0 Å². The Bertz CT molecular complexity index is 898. The molecule has 0 saturated carbocycles. The largest absolute Gasteiger partial charge is 0.481 e. The lowest BCUT2D eigenvalue weighted by Crippen LogP contribution is -2.28. The van der Waals surface area contributed by atoms with Gasteiger partial charge in [0.25, 0.3) is 0 Å². The highest BCUT2D eigenvalue weighted by Crippen LogP contribution is 2.22. The van der Waals surface area contributed by atoms with Crippen molar-refractivity contribution in [3.8, 4) is 0 Å². The van der Waals surface area contributed by atoms with Gasteiger partial charge in [-0.05, 0) is 38.5 Å². The lowest BCUT2D eigenvalue weighted by atomic mass is 9.91. The number of carbonyl (C=O) groups is 1. The fourth-order valence-corrected chi connectivity index (χ4v) is 10.3. The van der Waals surface area contributed by atoms with Crippen molar-refractivity contribution >= 4 is 5.97 Å². The van der Waals surface area contributed by atoms with Crippen molar-refractivity contribution in [2.45, 2.75) is 373 Å². The van der Waals surface area contributed by atoms with Gasteiger partial charge in [0.15, 0.2) is 0 Å². The topological polar surface area (TPSA) is 57.5 Å².